The second-order valence-corrected chi connectivity index (χ2v) is 4.63. The highest BCUT2D eigenvalue weighted by molar-refractivity contribution is 5.94. The van der Waals surface area contributed by atoms with Gasteiger partial charge in [-0.3, -0.25) is 4.79 Å². The van der Waals surface area contributed by atoms with Crippen LogP contribution in [0.5, 0.6) is 0 Å². The maximum Gasteiger partial charge on any atom is 0.343 e. The van der Waals surface area contributed by atoms with Crippen molar-refractivity contribution in [2.45, 2.75) is 13.5 Å². The van der Waals surface area contributed by atoms with E-state index in [9.17, 15) is 19.7 Å². The van der Waals surface area contributed by atoms with E-state index in [-0.39, 0.29) is 17.9 Å². The summed E-state index contributed by atoms with van der Waals surface area (Å²) in [6.07, 6.45) is 1.10. The first-order valence-electron chi connectivity index (χ1n) is 6.57. The van der Waals surface area contributed by atoms with Crippen LogP contribution in [-0.4, -0.2) is 33.5 Å². The number of amides is 1. The molecular formula is C14H14N4O5. The van der Waals surface area contributed by atoms with Gasteiger partial charge in [0.2, 0.25) is 0 Å². The van der Waals surface area contributed by atoms with Gasteiger partial charge in [0, 0.05) is 12.6 Å². The molecule has 1 N–H and O–H groups in total. The number of ether oxygens (including phenoxy) is 1. The minimum absolute atomic E-state index is 0.259. The van der Waals surface area contributed by atoms with Crippen LogP contribution in [0.2, 0.25) is 0 Å². The number of rotatable bonds is 5. The molecule has 1 heterocycles. The van der Waals surface area contributed by atoms with Gasteiger partial charge in [-0.15, -0.1) is 0 Å². The number of nitrogens with zero attached hydrogens (tertiary/aromatic N) is 3. The Morgan fingerprint density at radius 3 is 2.83 bits per heavy atom. The third kappa shape index (κ3) is 3.70. The van der Waals surface area contributed by atoms with Crippen molar-refractivity contribution in [1.29, 1.82) is 0 Å². The number of nitrogens with one attached hydrogen (secondary N) is 1. The Hall–Kier alpha value is -3.23. The Morgan fingerprint density at radius 2 is 2.17 bits per heavy atom. The lowest BCUT2D eigenvalue weighted by atomic mass is 10.2. The molecule has 0 aliphatic heterocycles. The van der Waals surface area contributed by atoms with Crippen molar-refractivity contribution in [3.8, 4) is 0 Å². The lowest BCUT2D eigenvalue weighted by Crippen LogP contribution is -2.20. The summed E-state index contributed by atoms with van der Waals surface area (Å²) in [5.74, 6) is -0.908. The molecule has 0 radical (unpaired) electrons. The van der Waals surface area contributed by atoms with E-state index in [0.717, 1.165) is 6.20 Å². The Bertz CT molecular complexity index is 768. The number of carbonyl (C=O) groups excluding carboxylic acids is 2. The molecule has 0 aliphatic carbocycles. The van der Waals surface area contributed by atoms with Crippen molar-refractivity contribution in [2.75, 3.05) is 12.4 Å². The van der Waals surface area contributed by atoms with E-state index in [1.54, 1.807) is 25.1 Å². The molecule has 0 spiro atoms. The minimum Gasteiger partial charge on any atom is -0.465 e. The molecule has 23 heavy (non-hydrogen) atoms. The quantitative estimate of drug-likeness (QED) is 0.507. The van der Waals surface area contributed by atoms with Crippen LogP contribution >= 0.6 is 0 Å². The van der Waals surface area contributed by atoms with Crippen molar-refractivity contribution >= 4 is 23.4 Å². The van der Waals surface area contributed by atoms with E-state index in [4.69, 9.17) is 0 Å². The summed E-state index contributed by atoms with van der Waals surface area (Å²) in [4.78, 5) is 37.6. The van der Waals surface area contributed by atoms with Gasteiger partial charge >= 0.3 is 11.8 Å². The number of imidazole rings is 1. The predicted octanol–water partition coefficient (Wildman–Crippen LogP) is 1.53. The second-order valence-electron chi connectivity index (χ2n) is 4.63. The molecule has 1 aromatic carbocycles. The first-order valence-corrected chi connectivity index (χ1v) is 6.57. The van der Waals surface area contributed by atoms with E-state index in [1.807, 2.05) is 0 Å². The number of hydrogen-bond acceptors (Lipinski definition) is 6. The van der Waals surface area contributed by atoms with Gasteiger partial charge in [0.15, 0.2) is 12.4 Å². The number of esters is 1. The SMILES string of the molecule is COC(=O)c1cccc(NC(=O)Cn2c([N+](=O)[O-])cnc2C)c1. The summed E-state index contributed by atoms with van der Waals surface area (Å²) in [6.45, 7) is 1.31. The number of aryl methyl sites for hydroxylation is 1. The molecular weight excluding hydrogens is 304 g/mol. The molecule has 2 aromatic rings. The molecule has 120 valence electrons. The van der Waals surface area contributed by atoms with Crippen LogP contribution in [0, 0.1) is 17.0 Å². The molecule has 1 amide bonds. The highest BCUT2D eigenvalue weighted by Gasteiger charge is 2.20. The number of aromatic nitrogens is 2. The van der Waals surface area contributed by atoms with Crippen molar-refractivity contribution < 1.29 is 19.2 Å². The highest BCUT2D eigenvalue weighted by Crippen LogP contribution is 2.15. The Balaban J connectivity index is 2.13. The van der Waals surface area contributed by atoms with E-state index in [2.05, 4.69) is 15.0 Å². The number of hydrogen-bond donors (Lipinski definition) is 1. The van der Waals surface area contributed by atoms with Gasteiger partial charge in [-0.25, -0.2) is 14.3 Å². The molecule has 1 aromatic heterocycles. The number of nitro groups is 1. The van der Waals surface area contributed by atoms with Crippen molar-refractivity contribution in [3.05, 3.63) is 52.0 Å². The fourth-order valence-corrected chi connectivity index (χ4v) is 1.98. The van der Waals surface area contributed by atoms with Crippen LogP contribution in [0.4, 0.5) is 11.5 Å². The standard InChI is InChI=1S/C14H14N4O5/c1-9-15-7-13(18(21)22)17(9)8-12(19)16-11-5-3-4-10(6-11)14(20)23-2/h3-7H,8H2,1-2H3,(H,16,19). The van der Waals surface area contributed by atoms with Crippen LogP contribution in [0.15, 0.2) is 30.5 Å². The van der Waals surface area contributed by atoms with Crippen LogP contribution in [0.25, 0.3) is 0 Å². The summed E-state index contributed by atoms with van der Waals surface area (Å²) in [5, 5.41) is 13.5. The molecule has 0 unspecified atom stereocenters. The zero-order valence-corrected chi connectivity index (χ0v) is 12.5. The van der Waals surface area contributed by atoms with Crippen LogP contribution < -0.4 is 5.32 Å². The number of anilines is 1. The van der Waals surface area contributed by atoms with Gasteiger partial charge in [0.1, 0.15) is 6.20 Å². The predicted molar refractivity (Wildman–Crippen MR) is 80.0 cm³/mol. The third-order valence-corrected chi connectivity index (χ3v) is 3.09. The smallest absolute Gasteiger partial charge is 0.343 e. The van der Waals surface area contributed by atoms with E-state index in [1.165, 1.54) is 17.7 Å². The highest BCUT2D eigenvalue weighted by atomic mass is 16.6. The second kappa shape index (κ2) is 6.69. The lowest BCUT2D eigenvalue weighted by molar-refractivity contribution is -0.392. The first-order chi connectivity index (χ1) is 10.9. The van der Waals surface area contributed by atoms with E-state index in [0.29, 0.717) is 11.5 Å². The average molecular weight is 318 g/mol. The topological polar surface area (TPSA) is 116 Å². The maximum atomic E-state index is 12.1. The van der Waals surface area contributed by atoms with Gasteiger partial charge in [0.05, 0.1) is 12.7 Å². The minimum atomic E-state index is -0.606. The Labute approximate surface area is 131 Å². The Kier molecular flexibility index (Phi) is 4.69. The number of methoxy groups -OCH3 is 1. The zero-order valence-electron chi connectivity index (χ0n) is 12.5. The molecule has 0 saturated carbocycles. The van der Waals surface area contributed by atoms with Crippen LogP contribution in [0.1, 0.15) is 16.2 Å². The molecule has 0 bridgehead atoms. The van der Waals surface area contributed by atoms with Crippen LogP contribution in [0.3, 0.4) is 0 Å². The molecule has 0 saturated heterocycles. The summed E-state index contributed by atoms with van der Waals surface area (Å²) in [7, 11) is 1.26. The monoisotopic (exact) mass is 318 g/mol. The largest absolute Gasteiger partial charge is 0.465 e. The fourth-order valence-electron chi connectivity index (χ4n) is 1.98. The number of carbonyl (C=O) groups is 2. The van der Waals surface area contributed by atoms with Crippen molar-refractivity contribution in [2.24, 2.45) is 0 Å². The Morgan fingerprint density at radius 1 is 1.43 bits per heavy atom. The molecule has 0 atom stereocenters. The first kappa shape index (κ1) is 16.1. The van der Waals surface area contributed by atoms with Gasteiger partial charge in [-0.2, -0.15) is 0 Å². The molecule has 9 nitrogen and oxygen atoms in total. The summed E-state index contributed by atoms with van der Waals surface area (Å²) in [5.41, 5.74) is 0.674. The van der Waals surface area contributed by atoms with E-state index >= 15 is 0 Å². The molecule has 9 heteroatoms. The van der Waals surface area contributed by atoms with Crippen molar-refractivity contribution in [1.82, 2.24) is 9.55 Å². The molecule has 0 aliphatic rings. The average Bonchev–Trinajstić information content (AvgIpc) is 2.88. The summed E-state index contributed by atoms with van der Waals surface area (Å²) < 4.78 is 5.79. The third-order valence-electron chi connectivity index (χ3n) is 3.09. The van der Waals surface area contributed by atoms with Crippen molar-refractivity contribution in [3.63, 3.8) is 0 Å². The van der Waals surface area contributed by atoms with Crippen LogP contribution in [-0.2, 0) is 16.1 Å². The molecule has 2 rings (SSSR count). The normalized spacial score (nSPS) is 10.2. The van der Waals surface area contributed by atoms with Gasteiger partial charge in [-0.05, 0) is 23.1 Å². The molecule has 0 fully saturated rings. The summed E-state index contributed by atoms with van der Waals surface area (Å²) >= 11 is 0. The van der Waals surface area contributed by atoms with Gasteiger partial charge < -0.3 is 20.2 Å². The summed E-state index contributed by atoms with van der Waals surface area (Å²) in [6, 6.07) is 6.19. The van der Waals surface area contributed by atoms with Gasteiger partial charge in [0.25, 0.3) is 5.91 Å². The van der Waals surface area contributed by atoms with E-state index < -0.39 is 16.8 Å². The lowest BCUT2D eigenvalue weighted by Gasteiger charge is -2.07. The van der Waals surface area contributed by atoms with Gasteiger partial charge in [-0.1, -0.05) is 6.07 Å². The zero-order chi connectivity index (χ0) is 17.0. The maximum absolute atomic E-state index is 12.1. The fraction of sp³-hybridized carbons (Fsp3) is 0.214. The number of benzene rings is 1.